The topological polar surface area (TPSA) is 71.0 Å². The minimum absolute atomic E-state index is 0.249. The zero-order valence-electron chi connectivity index (χ0n) is 23.8. The molecule has 2 N–H and O–H groups in total. The molecule has 214 valence electrons. The van der Waals surface area contributed by atoms with Crippen LogP contribution in [-0.4, -0.2) is 107 Å². The lowest BCUT2D eigenvalue weighted by atomic mass is 9.53. The van der Waals surface area contributed by atoms with Crippen molar-refractivity contribution < 1.29 is 5.11 Å². The van der Waals surface area contributed by atoms with Crippen molar-refractivity contribution in [1.29, 1.82) is 0 Å². The van der Waals surface area contributed by atoms with Gasteiger partial charge < -0.3 is 25.1 Å². The smallest absolute Gasteiger partial charge is 0.172 e. The van der Waals surface area contributed by atoms with E-state index in [-0.39, 0.29) is 5.75 Å². The average Bonchev–Trinajstić information content (AvgIpc) is 2.96. The molecule has 0 amide bonds. The third-order valence-corrected chi connectivity index (χ3v) is 11.6. The van der Waals surface area contributed by atoms with Crippen molar-refractivity contribution in [3.05, 3.63) is 30.3 Å². The molecule has 0 bridgehead atoms. The predicted molar refractivity (Wildman–Crippen MR) is 159 cm³/mol. The Morgan fingerprint density at radius 1 is 0.775 bits per heavy atom. The summed E-state index contributed by atoms with van der Waals surface area (Å²) < 4.78 is 0. The highest BCUT2D eigenvalue weighted by Gasteiger charge is 2.50. The Kier molecular flexibility index (Phi) is 6.41. The zero-order chi connectivity index (χ0) is 26.7. The fraction of sp³-hybridized carbons (Fsp3) is 0.688. The molecule has 8 rings (SSSR count). The van der Waals surface area contributed by atoms with Gasteiger partial charge in [-0.25, -0.2) is 0 Å². The van der Waals surface area contributed by atoms with E-state index in [1.54, 1.807) is 6.07 Å². The van der Waals surface area contributed by atoms with E-state index in [4.69, 9.17) is 0 Å². The molecule has 5 fully saturated rings. The lowest BCUT2D eigenvalue weighted by Gasteiger charge is -2.58. The molecule has 2 aliphatic carbocycles. The fourth-order valence-electron chi connectivity index (χ4n) is 8.98. The maximum absolute atomic E-state index is 10.3. The highest BCUT2D eigenvalue weighted by Crippen LogP contribution is 2.57. The van der Waals surface area contributed by atoms with Crippen LogP contribution in [0.2, 0.25) is 0 Å². The van der Waals surface area contributed by atoms with Gasteiger partial charge in [-0.1, -0.05) is 18.6 Å². The van der Waals surface area contributed by atoms with Crippen molar-refractivity contribution in [2.75, 3.05) is 62.6 Å². The molecule has 4 aliphatic heterocycles. The summed E-state index contributed by atoms with van der Waals surface area (Å²) in [5, 5.41) is 22.8. The standard InChI is InChI=1S/C32H45N7O/c40-30-5-2-1-4-27(30)28-18-29-31(35-34-28)33-21-26-22-38(16-17-39(26)29)24-8-12-36(13-9-24)23-6-14-37(15-7-23)25-19-32(20-25)10-3-11-32/h1-2,4-5,18,23-26,40H,3,6-17,19-22H2,(H,33,35)/t26-/m0/s1. The van der Waals surface area contributed by atoms with E-state index in [1.165, 1.54) is 84.0 Å². The number of hydrogen-bond donors (Lipinski definition) is 2. The van der Waals surface area contributed by atoms with Gasteiger partial charge in [-0.05, 0) is 101 Å². The quantitative estimate of drug-likeness (QED) is 0.599. The number of rotatable bonds is 4. The maximum atomic E-state index is 10.3. The number of piperidine rings is 2. The van der Waals surface area contributed by atoms with E-state index in [0.717, 1.165) is 66.4 Å². The van der Waals surface area contributed by atoms with Crippen molar-refractivity contribution in [2.45, 2.75) is 82.0 Å². The van der Waals surface area contributed by atoms with Crippen molar-refractivity contribution in [3.8, 4) is 17.0 Å². The van der Waals surface area contributed by atoms with Crippen molar-refractivity contribution in [3.63, 3.8) is 0 Å². The Bertz CT molecular complexity index is 1210. The molecule has 8 heteroatoms. The number of benzene rings is 1. The van der Waals surface area contributed by atoms with Crippen LogP contribution in [0.3, 0.4) is 0 Å². The van der Waals surface area contributed by atoms with Crippen LogP contribution in [0.1, 0.15) is 57.8 Å². The van der Waals surface area contributed by atoms with E-state index in [1.807, 2.05) is 18.2 Å². The number of aromatic nitrogens is 2. The minimum atomic E-state index is 0.249. The molecule has 5 heterocycles. The van der Waals surface area contributed by atoms with Gasteiger partial charge in [0.1, 0.15) is 5.75 Å². The molecule has 1 atom stereocenters. The highest BCUT2D eigenvalue weighted by molar-refractivity contribution is 5.76. The second-order valence-electron chi connectivity index (χ2n) is 13.7. The highest BCUT2D eigenvalue weighted by atomic mass is 16.3. The summed E-state index contributed by atoms with van der Waals surface area (Å²) in [6, 6.07) is 12.4. The summed E-state index contributed by atoms with van der Waals surface area (Å²) in [5.41, 5.74) is 3.39. The van der Waals surface area contributed by atoms with Crippen LogP contribution in [0.15, 0.2) is 30.3 Å². The van der Waals surface area contributed by atoms with Crippen LogP contribution in [0.4, 0.5) is 11.5 Å². The second kappa shape index (κ2) is 10.1. The van der Waals surface area contributed by atoms with E-state index < -0.39 is 0 Å². The number of likely N-dealkylation sites (tertiary alicyclic amines) is 2. The Morgan fingerprint density at radius 2 is 1.48 bits per heavy atom. The largest absolute Gasteiger partial charge is 0.507 e. The summed E-state index contributed by atoms with van der Waals surface area (Å²) in [6.45, 7) is 9.35. The van der Waals surface area contributed by atoms with E-state index in [0.29, 0.717) is 12.1 Å². The first kappa shape index (κ1) is 25.3. The number of hydrogen-bond acceptors (Lipinski definition) is 8. The van der Waals surface area contributed by atoms with Gasteiger partial charge in [-0.3, -0.25) is 4.90 Å². The Morgan fingerprint density at radius 3 is 2.17 bits per heavy atom. The third kappa shape index (κ3) is 4.47. The molecule has 3 saturated heterocycles. The van der Waals surface area contributed by atoms with Crippen molar-refractivity contribution >= 4 is 11.5 Å². The Hall–Kier alpha value is -2.42. The number of piperazine rings is 1. The Labute approximate surface area is 238 Å². The molecular formula is C32H45N7O. The minimum Gasteiger partial charge on any atom is -0.507 e. The number of anilines is 2. The molecule has 40 heavy (non-hydrogen) atoms. The molecular weight excluding hydrogens is 498 g/mol. The molecule has 2 aromatic rings. The Balaban J connectivity index is 0.842. The molecule has 0 radical (unpaired) electrons. The first-order valence-electron chi connectivity index (χ1n) is 16.0. The van der Waals surface area contributed by atoms with Crippen LogP contribution in [0, 0.1) is 5.41 Å². The fourth-order valence-corrected chi connectivity index (χ4v) is 8.98. The molecule has 6 aliphatic rings. The van der Waals surface area contributed by atoms with E-state index in [9.17, 15) is 5.11 Å². The van der Waals surface area contributed by atoms with Crippen LogP contribution in [-0.2, 0) is 0 Å². The maximum Gasteiger partial charge on any atom is 0.172 e. The second-order valence-corrected chi connectivity index (χ2v) is 13.7. The molecule has 8 nitrogen and oxygen atoms in total. The summed E-state index contributed by atoms with van der Waals surface area (Å²) in [4.78, 5) is 11.0. The lowest BCUT2D eigenvalue weighted by molar-refractivity contribution is -0.0675. The molecule has 2 saturated carbocycles. The van der Waals surface area contributed by atoms with Gasteiger partial charge in [0.15, 0.2) is 5.82 Å². The van der Waals surface area contributed by atoms with Crippen molar-refractivity contribution in [2.24, 2.45) is 5.41 Å². The van der Waals surface area contributed by atoms with Gasteiger partial charge in [-0.15, -0.1) is 10.2 Å². The number of aromatic hydroxyl groups is 1. The summed E-state index contributed by atoms with van der Waals surface area (Å²) in [7, 11) is 0. The first-order valence-corrected chi connectivity index (χ1v) is 16.0. The van der Waals surface area contributed by atoms with Gasteiger partial charge in [0.25, 0.3) is 0 Å². The molecule has 1 aromatic carbocycles. The summed E-state index contributed by atoms with van der Waals surface area (Å²) >= 11 is 0. The number of phenols is 1. The van der Waals surface area contributed by atoms with Crippen LogP contribution >= 0.6 is 0 Å². The van der Waals surface area contributed by atoms with Gasteiger partial charge in [0.05, 0.1) is 17.4 Å². The van der Waals surface area contributed by atoms with Gasteiger partial charge in [0.2, 0.25) is 0 Å². The number of nitrogens with one attached hydrogen (secondary N) is 1. The zero-order valence-corrected chi connectivity index (χ0v) is 23.8. The molecule has 0 unspecified atom stereocenters. The van der Waals surface area contributed by atoms with E-state index in [2.05, 4.69) is 41.2 Å². The number of nitrogens with zero attached hydrogens (tertiary/aromatic N) is 6. The van der Waals surface area contributed by atoms with Gasteiger partial charge in [-0.2, -0.15) is 0 Å². The van der Waals surface area contributed by atoms with E-state index >= 15 is 0 Å². The van der Waals surface area contributed by atoms with Crippen LogP contribution in [0.25, 0.3) is 11.3 Å². The molecule has 1 spiro atoms. The van der Waals surface area contributed by atoms with Crippen LogP contribution in [0.5, 0.6) is 5.75 Å². The van der Waals surface area contributed by atoms with Gasteiger partial charge >= 0.3 is 0 Å². The summed E-state index contributed by atoms with van der Waals surface area (Å²) in [5.74, 6) is 1.11. The number of phenolic OH excluding ortho intramolecular Hbond substituents is 1. The molecule has 1 aromatic heterocycles. The lowest BCUT2D eigenvalue weighted by Crippen LogP contribution is -2.61. The number of para-hydroxylation sites is 1. The van der Waals surface area contributed by atoms with Crippen LogP contribution < -0.4 is 10.2 Å². The SMILES string of the molecule is Oc1ccccc1-c1cc2c(nn1)NC[C@H]1CN(C3CCN(C4CCN(C5CC6(CCC6)C5)CC4)CC3)CCN21. The van der Waals surface area contributed by atoms with Gasteiger partial charge in [0, 0.05) is 49.9 Å². The number of fused-ring (bicyclic) bond motifs is 3. The summed E-state index contributed by atoms with van der Waals surface area (Å²) in [6.07, 6.45) is 12.9. The predicted octanol–water partition coefficient (Wildman–Crippen LogP) is 4.03. The monoisotopic (exact) mass is 543 g/mol. The average molecular weight is 544 g/mol. The van der Waals surface area contributed by atoms with Crippen molar-refractivity contribution in [1.82, 2.24) is 24.9 Å². The third-order valence-electron chi connectivity index (χ3n) is 11.6. The first-order chi connectivity index (χ1) is 19.6. The normalized spacial score (nSPS) is 28.4.